The molecule has 2 atom stereocenters. The van der Waals surface area contributed by atoms with Crippen LogP contribution in [0.25, 0.3) is 0 Å². The van der Waals surface area contributed by atoms with Gasteiger partial charge in [-0.15, -0.1) is 0 Å². The van der Waals surface area contributed by atoms with E-state index in [1.54, 1.807) is 6.07 Å². The van der Waals surface area contributed by atoms with Gasteiger partial charge in [0.1, 0.15) is 17.1 Å². The number of hydrogen-bond acceptors (Lipinski definition) is 4. The van der Waals surface area contributed by atoms with E-state index in [1.807, 2.05) is 32.9 Å². The highest BCUT2D eigenvalue weighted by atomic mass is 16.5. The maximum Gasteiger partial charge on any atom is 0.126 e. The highest BCUT2D eigenvalue weighted by Gasteiger charge is 2.32. The van der Waals surface area contributed by atoms with Crippen molar-refractivity contribution < 1.29 is 20.1 Å². The molecule has 0 bridgehead atoms. The average Bonchev–Trinajstić information content (AvgIpc) is 2.70. The fourth-order valence-corrected chi connectivity index (χ4v) is 4.25. The molecule has 3 N–H and O–H groups in total. The number of hydrogen-bond donors (Lipinski definition) is 3. The second-order valence-electron chi connectivity index (χ2n) is 9.40. The van der Waals surface area contributed by atoms with Crippen LogP contribution in [0.5, 0.6) is 11.5 Å². The quantitative estimate of drug-likeness (QED) is 0.413. The van der Waals surface area contributed by atoms with Crippen molar-refractivity contribution in [2.24, 2.45) is 5.92 Å². The molecule has 0 radical (unpaired) electrons. The summed E-state index contributed by atoms with van der Waals surface area (Å²) in [6.07, 6.45) is 12.0. The summed E-state index contributed by atoms with van der Waals surface area (Å²) in [7, 11) is 0. The van der Waals surface area contributed by atoms with Gasteiger partial charge in [0.15, 0.2) is 0 Å². The fraction of sp³-hybridized carbons (Fsp3) is 0.556. The average molecular weight is 429 g/mol. The van der Waals surface area contributed by atoms with Gasteiger partial charge in [0.2, 0.25) is 0 Å². The number of allylic oxidation sites excluding steroid dienone is 4. The van der Waals surface area contributed by atoms with Crippen molar-refractivity contribution in [3.05, 3.63) is 58.2 Å². The molecule has 4 nitrogen and oxygen atoms in total. The molecule has 0 spiro atoms. The zero-order valence-electron chi connectivity index (χ0n) is 19.9. The van der Waals surface area contributed by atoms with E-state index in [0.29, 0.717) is 5.75 Å². The van der Waals surface area contributed by atoms with Gasteiger partial charge >= 0.3 is 0 Å². The third kappa shape index (κ3) is 7.55. The first-order valence-corrected chi connectivity index (χ1v) is 11.4. The van der Waals surface area contributed by atoms with E-state index in [4.69, 9.17) is 4.74 Å². The molecule has 1 aromatic rings. The fourth-order valence-electron chi connectivity index (χ4n) is 4.25. The van der Waals surface area contributed by atoms with Gasteiger partial charge in [0.25, 0.3) is 0 Å². The van der Waals surface area contributed by atoms with Crippen LogP contribution in [0, 0.1) is 12.8 Å². The summed E-state index contributed by atoms with van der Waals surface area (Å²) < 4.78 is 6.38. The molecule has 0 fully saturated rings. The Labute approximate surface area is 188 Å². The molecule has 0 amide bonds. The van der Waals surface area contributed by atoms with Crippen LogP contribution in [0.1, 0.15) is 70.9 Å². The number of phenols is 1. The maximum absolute atomic E-state index is 9.81. The summed E-state index contributed by atoms with van der Waals surface area (Å²) >= 11 is 0. The summed E-state index contributed by atoms with van der Waals surface area (Å²) in [6.45, 7) is 10.3. The molecule has 1 aliphatic heterocycles. The molecule has 1 unspecified atom stereocenters. The number of benzene rings is 1. The van der Waals surface area contributed by atoms with Crippen LogP contribution >= 0.6 is 0 Å². The molecule has 0 saturated heterocycles. The molecule has 4 heteroatoms. The third-order valence-electron chi connectivity index (χ3n) is 6.11. The number of rotatable bonds is 10. The van der Waals surface area contributed by atoms with Crippen LogP contribution in [0.4, 0.5) is 0 Å². The van der Waals surface area contributed by atoms with E-state index >= 15 is 0 Å². The van der Waals surface area contributed by atoms with Crippen molar-refractivity contribution in [2.45, 2.75) is 78.7 Å². The Hall–Kier alpha value is -2.04. The first kappa shape index (κ1) is 25.2. The molecule has 0 aliphatic carbocycles. The Balaban J connectivity index is 1.89. The van der Waals surface area contributed by atoms with E-state index < -0.39 is 0 Å². The Bertz CT molecular complexity index is 830. The summed E-state index contributed by atoms with van der Waals surface area (Å²) in [5.41, 5.74) is 5.27. The van der Waals surface area contributed by atoms with Gasteiger partial charge in [-0.25, -0.2) is 0 Å². The highest BCUT2D eigenvalue weighted by Crippen LogP contribution is 2.39. The van der Waals surface area contributed by atoms with Crippen LogP contribution < -0.4 is 4.74 Å². The van der Waals surface area contributed by atoms with Crippen molar-refractivity contribution >= 4 is 0 Å². The number of aromatic hydroxyl groups is 1. The lowest BCUT2D eigenvalue weighted by molar-refractivity contribution is 0.0561. The van der Waals surface area contributed by atoms with E-state index in [1.165, 1.54) is 5.57 Å². The molecule has 1 aromatic carbocycles. The smallest absolute Gasteiger partial charge is 0.126 e. The second-order valence-corrected chi connectivity index (χ2v) is 9.40. The topological polar surface area (TPSA) is 69.9 Å². The van der Waals surface area contributed by atoms with Gasteiger partial charge < -0.3 is 20.1 Å². The van der Waals surface area contributed by atoms with E-state index in [-0.39, 0.29) is 24.7 Å². The standard InChI is InChI=1S/C27H40O4/c1-19(2)14-24(18-29)23(17-28)10-6-8-20(3)9-7-12-27(5)13-11-22-16-25(30)15-21(4)26(22)31-27/h9-10,14-16,24,28-30H,6-8,11-13,17-18H2,1-5H3/b20-9+,23-10+/t24?,27-/m1/s1. The van der Waals surface area contributed by atoms with Gasteiger partial charge in [-0.2, -0.15) is 0 Å². The van der Waals surface area contributed by atoms with Crippen LogP contribution in [0.15, 0.2) is 47.1 Å². The van der Waals surface area contributed by atoms with E-state index in [2.05, 4.69) is 26.0 Å². The minimum Gasteiger partial charge on any atom is -0.508 e. The zero-order valence-corrected chi connectivity index (χ0v) is 19.9. The lowest BCUT2D eigenvalue weighted by Gasteiger charge is -2.36. The number of fused-ring (bicyclic) bond motifs is 1. The summed E-state index contributed by atoms with van der Waals surface area (Å²) in [5.74, 6) is 1.14. The Kier molecular flexibility index (Phi) is 9.39. The number of aryl methyl sites for hydroxylation is 2. The molecule has 0 aromatic heterocycles. The molecule has 0 saturated carbocycles. The lowest BCUT2D eigenvalue weighted by atomic mass is 9.87. The Morgan fingerprint density at radius 2 is 1.90 bits per heavy atom. The highest BCUT2D eigenvalue weighted by molar-refractivity contribution is 5.47. The van der Waals surface area contributed by atoms with Gasteiger partial charge in [-0.3, -0.25) is 0 Å². The Morgan fingerprint density at radius 1 is 1.16 bits per heavy atom. The van der Waals surface area contributed by atoms with Gasteiger partial charge in [0.05, 0.1) is 13.2 Å². The number of aliphatic hydroxyl groups is 2. The SMILES string of the molecule is CC(C)=CC(CO)/C(=C/CC/C(C)=C/CC[C@]1(C)CCc2cc(O)cc(C)c2O1)CO. The monoisotopic (exact) mass is 428 g/mol. The molecule has 1 aliphatic rings. The van der Waals surface area contributed by atoms with E-state index in [0.717, 1.165) is 66.5 Å². The molecule has 31 heavy (non-hydrogen) atoms. The first-order valence-electron chi connectivity index (χ1n) is 11.4. The molecule has 172 valence electrons. The van der Waals surface area contributed by atoms with Gasteiger partial charge in [0, 0.05) is 5.92 Å². The number of aliphatic hydroxyl groups excluding tert-OH is 2. The van der Waals surface area contributed by atoms with E-state index in [9.17, 15) is 15.3 Å². The molecular formula is C27H40O4. The second kappa shape index (κ2) is 11.5. The normalized spacial score (nSPS) is 20.1. The minimum absolute atomic E-state index is 0.0210. The largest absolute Gasteiger partial charge is 0.508 e. The van der Waals surface area contributed by atoms with Crippen LogP contribution in [-0.2, 0) is 6.42 Å². The minimum atomic E-state index is -0.186. The predicted octanol–water partition coefficient (Wildman–Crippen LogP) is 5.78. The van der Waals surface area contributed by atoms with Crippen molar-refractivity contribution in [1.82, 2.24) is 0 Å². The van der Waals surface area contributed by atoms with Crippen molar-refractivity contribution in [3.63, 3.8) is 0 Å². The van der Waals surface area contributed by atoms with Crippen molar-refractivity contribution in [2.75, 3.05) is 13.2 Å². The lowest BCUT2D eigenvalue weighted by Crippen LogP contribution is -2.36. The van der Waals surface area contributed by atoms with Crippen molar-refractivity contribution in [1.29, 1.82) is 0 Å². The molecular weight excluding hydrogens is 388 g/mol. The summed E-state index contributed by atoms with van der Waals surface area (Å²) in [5, 5.41) is 29.1. The van der Waals surface area contributed by atoms with Crippen LogP contribution in [0.3, 0.4) is 0 Å². The van der Waals surface area contributed by atoms with Gasteiger partial charge in [-0.05, 0) is 102 Å². The number of ether oxygens (including phenoxy) is 1. The third-order valence-corrected chi connectivity index (χ3v) is 6.11. The number of phenolic OH excluding ortho intramolecular Hbond substituents is 1. The molecule has 2 rings (SSSR count). The zero-order chi connectivity index (χ0) is 23.0. The first-order chi connectivity index (χ1) is 14.7. The van der Waals surface area contributed by atoms with Crippen molar-refractivity contribution in [3.8, 4) is 11.5 Å². The summed E-state index contributed by atoms with van der Waals surface area (Å²) in [4.78, 5) is 0. The van der Waals surface area contributed by atoms with Crippen LogP contribution in [0.2, 0.25) is 0 Å². The van der Waals surface area contributed by atoms with Crippen LogP contribution in [-0.4, -0.2) is 34.1 Å². The molecule has 1 heterocycles. The van der Waals surface area contributed by atoms with Gasteiger partial charge in [-0.1, -0.05) is 29.4 Å². The summed E-state index contributed by atoms with van der Waals surface area (Å²) in [6, 6.07) is 3.58. The maximum atomic E-state index is 9.81. The predicted molar refractivity (Wildman–Crippen MR) is 128 cm³/mol. The Morgan fingerprint density at radius 3 is 2.55 bits per heavy atom.